The molecule has 0 atom stereocenters. The molecule has 0 spiro atoms. The van der Waals surface area contributed by atoms with Gasteiger partial charge in [-0.25, -0.2) is 4.98 Å². The van der Waals surface area contributed by atoms with Crippen LogP contribution in [0.25, 0.3) is 10.9 Å². The van der Waals surface area contributed by atoms with Crippen molar-refractivity contribution in [1.29, 1.82) is 0 Å². The molecule has 134 valence electrons. The summed E-state index contributed by atoms with van der Waals surface area (Å²) in [7, 11) is 1.61. The van der Waals surface area contributed by atoms with Crippen LogP contribution in [-0.4, -0.2) is 27.7 Å². The van der Waals surface area contributed by atoms with Gasteiger partial charge >= 0.3 is 5.97 Å². The fourth-order valence-corrected chi connectivity index (χ4v) is 3.54. The minimum absolute atomic E-state index is 0.0897. The molecule has 0 fully saturated rings. The summed E-state index contributed by atoms with van der Waals surface area (Å²) in [6.07, 6.45) is -0.132. The average molecular weight is 370 g/mol. The largest absolute Gasteiger partial charge is 0.497 e. The number of carboxylic acids is 1. The maximum atomic E-state index is 12.8. The third-order valence-electron chi connectivity index (χ3n) is 3.88. The average Bonchev–Trinajstić information content (AvgIpc) is 2.66. The van der Waals surface area contributed by atoms with Crippen molar-refractivity contribution in [2.75, 3.05) is 7.11 Å². The van der Waals surface area contributed by atoms with Crippen molar-refractivity contribution in [3.63, 3.8) is 0 Å². The van der Waals surface area contributed by atoms with Crippen molar-refractivity contribution in [2.45, 2.75) is 23.9 Å². The Morgan fingerprint density at radius 3 is 2.81 bits per heavy atom. The molecule has 3 aromatic rings. The molecular weight excluding hydrogens is 352 g/mol. The van der Waals surface area contributed by atoms with E-state index in [0.29, 0.717) is 21.8 Å². The van der Waals surface area contributed by atoms with Gasteiger partial charge in [-0.05, 0) is 29.8 Å². The number of methoxy groups -OCH3 is 1. The maximum absolute atomic E-state index is 12.8. The molecule has 0 aliphatic rings. The number of thioether (sulfide) groups is 1. The molecule has 26 heavy (non-hydrogen) atoms. The number of para-hydroxylation sites is 1. The fraction of sp³-hybridized carbons (Fsp3) is 0.211. The van der Waals surface area contributed by atoms with Gasteiger partial charge in [-0.2, -0.15) is 0 Å². The Bertz CT molecular complexity index is 1000. The lowest BCUT2D eigenvalue weighted by molar-refractivity contribution is -0.137. The zero-order valence-corrected chi connectivity index (χ0v) is 15.0. The minimum atomic E-state index is -0.950. The molecule has 2 aromatic carbocycles. The van der Waals surface area contributed by atoms with Gasteiger partial charge in [0.2, 0.25) is 0 Å². The summed E-state index contributed by atoms with van der Waals surface area (Å²) in [5, 5.41) is 9.98. The third-order valence-corrected chi connectivity index (χ3v) is 4.93. The number of nitrogens with zero attached hydrogens (tertiary/aromatic N) is 2. The van der Waals surface area contributed by atoms with Crippen LogP contribution < -0.4 is 10.3 Å². The number of hydrogen-bond donors (Lipinski definition) is 1. The van der Waals surface area contributed by atoms with Crippen molar-refractivity contribution in [3.8, 4) is 5.75 Å². The Hall–Kier alpha value is -2.80. The van der Waals surface area contributed by atoms with Crippen molar-refractivity contribution in [3.05, 3.63) is 64.4 Å². The molecule has 0 saturated heterocycles. The molecule has 0 aliphatic heterocycles. The quantitative estimate of drug-likeness (QED) is 0.508. The zero-order chi connectivity index (χ0) is 18.5. The first-order chi connectivity index (χ1) is 12.6. The lowest BCUT2D eigenvalue weighted by Crippen LogP contribution is -2.24. The predicted octanol–water partition coefficient (Wildman–Crippen LogP) is 3.17. The van der Waals surface area contributed by atoms with E-state index in [9.17, 15) is 9.59 Å². The summed E-state index contributed by atoms with van der Waals surface area (Å²) in [6.45, 7) is 0.0897. The maximum Gasteiger partial charge on any atom is 0.305 e. The van der Waals surface area contributed by atoms with Crippen LogP contribution in [0, 0.1) is 0 Å². The van der Waals surface area contributed by atoms with Gasteiger partial charge in [-0.1, -0.05) is 36.0 Å². The van der Waals surface area contributed by atoms with E-state index in [1.54, 1.807) is 25.3 Å². The normalized spacial score (nSPS) is 10.8. The summed E-state index contributed by atoms with van der Waals surface area (Å²) >= 11 is 1.40. The van der Waals surface area contributed by atoms with Gasteiger partial charge in [0.25, 0.3) is 5.56 Å². The summed E-state index contributed by atoms with van der Waals surface area (Å²) < 4.78 is 6.67. The number of ether oxygens (including phenoxy) is 1. The van der Waals surface area contributed by atoms with Gasteiger partial charge in [0.1, 0.15) is 5.75 Å². The molecular formula is C19H18N2O4S. The van der Waals surface area contributed by atoms with E-state index in [0.717, 1.165) is 11.3 Å². The summed E-state index contributed by atoms with van der Waals surface area (Å²) in [6, 6.07) is 14.8. The monoisotopic (exact) mass is 370 g/mol. The number of benzene rings is 2. The van der Waals surface area contributed by atoms with Crippen molar-refractivity contribution in [1.82, 2.24) is 9.55 Å². The molecule has 1 N–H and O–H groups in total. The van der Waals surface area contributed by atoms with Crippen molar-refractivity contribution < 1.29 is 14.6 Å². The first-order valence-electron chi connectivity index (χ1n) is 8.05. The topological polar surface area (TPSA) is 81.4 Å². The number of carboxylic acid groups (broad SMARTS) is 1. The predicted molar refractivity (Wildman–Crippen MR) is 101 cm³/mol. The molecule has 3 rings (SSSR count). The van der Waals surface area contributed by atoms with Crippen LogP contribution >= 0.6 is 11.8 Å². The molecule has 0 unspecified atom stereocenters. The zero-order valence-electron chi connectivity index (χ0n) is 14.2. The highest BCUT2D eigenvalue weighted by Gasteiger charge is 2.13. The molecule has 6 nitrogen and oxygen atoms in total. The second kappa shape index (κ2) is 8.05. The summed E-state index contributed by atoms with van der Waals surface area (Å²) in [5.74, 6) is 0.404. The summed E-state index contributed by atoms with van der Waals surface area (Å²) in [5.41, 5.74) is 1.42. The van der Waals surface area contributed by atoms with Crippen LogP contribution in [0.2, 0.25) is 0 Å². The van der Waals surface area contributed by atoms with Crippen LogP contribution in [-0.2, 0) is 17.1 Å². The molecule has 0 saturated carbocycles. The molecule has 7 heteroatoms. The molecule has 1 aromatic heterocycles. The third kappa shape index (κ3) is 4.05. The van der Waals surface area contributed by atoms with Gasteiger partial charge < -0.3 is 9.84 Å². The summed E-state index contributed by atoms with van der Waals surface area (Å²) in [4.78, 5) is 28.3. The lowest BCUT2D eigenvalue weighted by atomic mass is 10.2. The van der Waals surface area contributed by atoms with Crippen LogP contribution in [0.3, 0.4) is 0 Å². The number of aromatic nitrogens is 2. The second-order valence-electron chi connectivity index (χ2n) is 5.65. The van der Waals surface area contributed by atoms with E-state index < -0.39 is 5.97 Å². The Morgan fingerprint density at radius 1 is 1.23 bits per heavy atom. The van der Waals surface area contributed by atoms with Gasteiger partial charge in [0.05, 0.1) is 24.4 Å². The highest BCUT2D eigenvalue weighted by molar-refractivity contribution is 7.98. The highest BCUT2D eigenvalue weighted by atomic mass is 32.2. The number of fused-ring (bicyclic) bond motifs is 1. The van der Waals surface area contributed by atoms with Crippen molar-refractivity contribution >= 4 is 28.6 Å². The standard InChI is InChI=1S/C19H18N2O4S/c1-25-14-6-4-5-13(11-14)12-26-19-20-16-8-3-2-7-15(16)18(24)21(19)10-9-17(22)23/h2-8,11H,9-10,12H2,1H3,(H,22,23). The smallest absolute Gasteiger partial charge is 0.305 e. The van der Waals surface area contributed by atoms with E-state index in [1.807, 2.05) is 30.3 Å². The number of carbonyl (C=O) groups is 1. The van der Waals surface area contributed by atoms with Crippen molar-refractivity contribution in [2.24, 2.45) is 0 Å². The van der Waals surface area contributed by atoms with Crippen LogP contribution in [0.4, 0.5) is 0 Å². The van der Waals surface area contributed by atoms with Gasteiger partial charge in [0.15, 0.2) is 5.16 Å². The van der Waals surface area contributed by atoms with Crippen LogP contribution in [0.1, 0.15) is 12.0 Å². The fourth-order valence-electron chi connectivity index (χ4n) is 2.57. The molecule has 0 radical (unpaired) electrons. The molecule has 0 bridgehead atoms. The minimum Gasteiger partial charge on any atom is -0.497 e. The van der Waals surface area contributed by atoms with Gasteiger partial charge in [-0.15, -0.1) is 0 Å². The molecule has 0 aliphatic carbocycles. The molecule has 1 heterocycles. The second-order valence-corrected chi connectivity index (χ2v) is 6.59. The number of aliphatic carboxylic acids is 1. The molecule has 0 amide bonds. The van der Waals surface area contributed by atoms with E-state index in [4.69, 9.17) is 9.84 Å². The number of rotatable bonds is 7. The van der Waals surface area contributed by atoms with E-state index in [1.165, 1.54) is 16.3 Å². The van der Waals surface area contributed by atoms with Crippen LogP contribution in [0.5, 0.6) is 5.75 Å². The Morgan fingerprint density at radius 2 is 2.04 bits per heavy atom. The Kier molecular flexibility index (Phi) is 5.58. The number of hydrogen-bond acceptors (Lipinski definition) is 5. The van der Waals surface area contributed by atoms with E-state index in [2.05, 4.69) is 4.98 Å². The van der Waals surface area contributed by atoms with E-state index >= 15 is 0 Å². The first kappa shape index (κ1) is 18.0. The van der Waals surface area contributed by atoms with Crippen LogP contribution in [0.15, 0.2) is 58.5 Å². The lowest BCUT2D eigenvalue weighted by Gasteiger charge is -2.12. The highest BCUT2D eigenvalue weighted by Crippen LogP contribution is 2.24. The van der Waals surface area contributed by atoms with Gasteiger partial charge in [0, 0.05) is 12.3 Å². The van der Waals surface area contributed by atoms with E-state index in [-0.39, 0.29) is 18.5 Å². The first-order valence-corrected chi connectivity index (χ1v) is 9.04. The Balaban J connectivity index is 1.95. The SMILES string of the molecule is COc1cccc(CSc2nc3ccccc3c(=O)n2CCC(=O)O)c1. The van der Waals surface area contributed by atoms with Gasteiger partial charge in [-0.3, -0.25) is 14.2 Å². The Labute approximate surface area is 154 Å².